The number of hydrogen-bond acceptors (Lipinski definition) is 3. The van der Waals surface area contributed by atoms with Crippen LogP contribution >= 0.6 is 11.6 Å². The maximum absolute atomic E-state index is 13.1. The summed E-state index contributed by atoms with van der Waals surface area (Å²) < 4.78 is 40.4. The van der Waals surface area contributed by atoms with Crippen LogP contribution < -0.4 is 9.62 Å². The Morgan fingerprint density at radius 3 is 2.46 bits per heavy atom. The number of halogens is 2. The predicted molar refractivity (Wildman–Crippen MR) is 106 cm³/mol. The highest BCUT2D eigenvalue weighted by Crippen LogP contribution is 2.43. The summed E-state index contributed by atoms with van der Waals surface area (Å²) in [7, 11) is -3.93. The zero-order valence-electron chi connectivity index (χ0n) is 14.4. The van der Waals surface area contributed by atoms with Gasteiger partial charge in [0.25, 0.3) is 10.0 Å². The van der Waals surface area contributed by atoms with Crippen LogP contribution in [0, 0.1) is 5.82 Å². The van der Waals surface area contributed by atoms with Gasteiger partial charge in [0.05, 0.1) is 10.6 Å². The number of rotatable bonds is 3. The number of fused-ring (bicyclic) bond motifs is 3. The SMILES string of the molecule is O=C(CN1c2ccc(Cl)cc2-c2ccccc2S1(=O)=O)Nc1ccc(F)cc1. The average molecular weight is 417 g/mol. The van der Waals surface area contributed by atoms with E-state index in [4.69, 9.17) is 11.6 Å². The van der Waals surface area contributed by atoms with Crippen molar-refractivity contribution < 1.29 is 17.6 Å². The molecular weight excluding hydrogens is 403 g/mol. The van der Waals surface area contributed by atoms with Gasteiger partial charge >= 0.3 is 0 Å². The molecule has 1 aliphatic heterocycles. The topological polar surface area (TPSA) is 66.5 Å². The summed E-state index contributed by atoms with van der Waals surface area (Å²) in [4.78, 5) is 12.6. The Bertz CT molecular complexity index is 1180. The van der Waals surface area contributed by atoms with E-state index in [1.807, 2.05) is 0 Å². The molecule has 1 aliphatic rings. The second-order valence-corrected chi connectivity index (χ2v) is 8.49. The number of benzene rings is 3. The van der Waals surface area contributed by atoms with Crippen LogP contribution in [0.25, 0.3) is 11.1 Å². The molecule has 0 aromatic heterocycles. The highest BCUT2D eigenvalue weighted by atomic mass is 35.5. The molecule has 8 heteroatoms. The molecule has 3 aromatic rings. The molecule has 1 N–H and O–H groups in total. The number of carbonyl (C=O) groups is 1. The normalized spacial score (nSPS) is 14.1. The fourth-order valence-corrected chi connectivity index (χ4v) is 4.96. The summed E-state index contributed by atoms with van der Waals surface area (Å²) in [5.41, 5.74) is 1.91. The van der Waals surface area contributed by atoms with Crippen LogP contribution in [0.3, 0.4) is 0 Å². The fraction of sp³-hybridized carbons (Fsp3) is 0.0500. The highest BCUT2D eigenvalue weighted by Gasteiger charge is 2.35. The van der Waals surface area contributed by atoms with Crippen molar-refractivity contribution >= 4 is 38.9 Å². The molecule has 0 bridgehead atoms. The molecule has 0 fully saturated rings. The second-order valence-electron chi connectivity index (χ2n) is 6.22. The molecular formula is C20H14ClFN2O3S. The first-order valence-electron chi connectivity index (χ1n) is 8.33. The van der Waals surface area contributed by atoms with E-state index >= 15 is 0 Å². The Kier molecular flexibility index (Phi) is 4.56. The first-order chi connectivity index (χ1) is 13.4. The molecule has 5 nitrogen and oxygen atoms in total. The van der Waals surface area contributed by atoms with Gasteiger partial charge in [0, 0.05) is 21.8 Å². The van der Waals surface area contributed by atoms with Gasteiger partial charge < -0.3 is 5.32 Å². The number of nitrogens with one attached hydrogen (secondary N) is 1. The Labute approximate surface area is 166 Å². The summed E-state index contributed by atoms with van der Waals surface area (Å²) in [6.07, 6.45) is 0. The van der Waals surface area contributed by atoms with Gasteiger partial charge in [-0.1, -0.05) is 29.8 Å². The lowest BCUT2D eigenvalue weighted by Crippen LogP contribution is -2.40. The van der Waals surface area contributed by atoms with Gasteiger partial charge in [-0.05, 0) is 48.5 Å². The van der Waals surface area contributed by atoms with Crippen molar-refractivity contribution in [2.75, 3.05) is 16.2 Å². The zero-order chi connectivity index (χ0) is 19.9. The third-order valence-corrected chi connectivity index (χ3v) is 6.44. The van der Waals surface area contributed by atoms with Crippen LogP contribution in [0.4, 0.5) is 15.8 Å². The quantitative estimate of drug-likeness (QED) is 0.692. The van der Waals surface area contributed by atoms with Gasteiger partial charge in [0.15, 0.2) is 0 Å². The smallest absolute Gasteiger partial charge is 0.265 e. The number of nitrogens with zero attached hydrogens (tertiary/aromatic N) is 1. The molecule has 142 valence electrons. The predicted octanol–water partition coefficient (Wildman–Crippen LogP) is 4.29. The van der Waals surface area contributed by atoms with Crippen molar-refractivity contribution in [3.8, 4) is 11.1 Å². The molecule has 0 saturated carbocycles. The molecule has 0 aliphatic carbocycles. The second kappa shape index (κ2) is 6.92. The van der Waals surface area contributed by atoms with E-state index in [0.29, 0.717) is 27.5 Å². The molecule has 1 heterocycles. The first kappa shape index (κ1) is 18.5. The lowest BCUT2D eigenvalue weighted by Gasteiger charge is -2.31. The van der Waals surface area contributed by atoms with Gasteiger partial charge in [-0.25, -0.2) is 12.8 Å². The van der Waals surface area contributed by atoms with Crippen LogP contribution in [-0.4, -0.2) is 20.9 Å². The third-order valence-electron chi connectivity index (χ3n) is 4.39. The molecule has 1 amide bonds. The molecule has 28 heavy (non-hydrogen) atoms. The van der Waals surface area contributed by atoms with E-state index in [1.54, 1.807) is 36.4 Å². The monoisotopic (exact) mass is 416 g/mol. The highest BCUT2D eigenvalue weighted by molar-refractivity contribution is 7.93. The molecule has 0 spiro atoms. The van der Waals surface area contributed by atoms with Crippen LogP contribution in [-0.2, 0) is 14.8 Å². The van der Waals surface area contributed by atoms with Gasteiger partial charge in [-0.2, -0.15) is 0 Å². The number of carbonyl (C=O) groups excluding carboxylic acids is 1. The summed E-state index contributed by atoms with van der Waals surface area (Å²) >= 11 is 6.11. The van der Waals surface area contributed by atoms with Crippen molar-refractivity contribution in [1.82, 2.24) is 0 Å². The largest absolute Gasteiger partial charge is 0.325 e. The Hall–Kier alpha value is -2.90. The maximum atomic E-state index is 13.1. The molecule has 4 rings (SSSR count). The Balaban J connectivity index is 1.72. The van der Waals surface area contributed by atoms with E-state index in [1.165, 1.54) is 30.3 Å². The van der Waals surface area contributed by atoms with Crippen LogP contribution in [0.15, 0.2) is 71.6 Å². The number of amides is 1. The summed E-state index contributed by atoms with van der Waals surface area (Å²) in [6.45, 7) is -0.428. The van der Waals surface area contributed by atoms with Crippen LogP contribution in [0.2, 0.25) is 5.02 Å². The minimum atomic E-state index is -3.93. The Morgan fingerprint density at radius 2 is 1.71 bits per heavy atom. The van der Waals surface area contributed by atoms with Crippen molar-refractivity contribution in [3.63, 3.8) is 0 Å². The number of hydrogen-bond donors (Lipinski definition) is 1. The lowest BCUT2D eigenvalue weighted by molar-refractivity contribution is -0.114. The minimum Gasteiger partial charge on any atom is -0.325 e. The van der Waals surface area contributed by atoms with E-state index in [0.717, 1.165) is 4.31 Å². The molecule has 0 unspecified atom stereocenters. The van der Waals surface area contributed by atoms with E-state index in [-0.39, 0.29) is 4.90 Å². The number of anilines is 2. The molecule has 3 aromatic carbocycles. The minimum absolute atomic E-state index is 0.111. The first-order valence-corrected chi connectivity index (χ1v) is 10.2. The number of sulfonamides is 1. The van der Waals surface area contributed by atoms with Crippen molar-refractivity contribution in [3.05, 3.63) is 77.6 Å². The van der Waals surface area contributed by atoms with Crippen molar-refractivity contribution in [1.29, 1.82) is 0 Å². The van der Waals surface area contributed by atoms with Gasteiger partial charge in [0.2, 0.25) is 5.91 Å². The van der Waals surface area contributed by atoms with E-state index in [2.05, 4.69) is 5.32 Å². The Morgan fingerprint density at radius 1 is 1.00 bits per heavy atom. The molecule has 0 saturated heterocycles. The average Bonchev–Trinajstić information content (AvgIpc) is 2.67. The standard InChI is InChI=1S/C20H14ClFN2O3S/c21-13-5-10-18-17(11-13)16-3-1-2-4-19(16)28(26,27)24(18)12-20(25)23-15-8-6-14(22)7-9-15/h1-11H,12H2,(H,23,25). The van der Waals surface area contributed by atoms with Gasteiger partial charge in [-0.15, -0.1) is 0 Å². The van der Waals surface area contributed by atoms with Gasteiger partial charge in [0.1, 0.15) is 12.4 Å². The molecule has 0 radical (unpaired) electrons. The fourth-order valence-electron chi connectivity index (χ4n) is 3.14. The van der Waals surface area contributed by atoms with E-state index < -0.39 is 28.3 Å². The third kappa shape index (κ3) is 3.23. The summed E-state index contributed by atoms with van der Waals surface area (Å²) in [5.74, 6) is -0.977. The van der Waals surface area contributed by atoms with Gasteiger partial charge in [-0.3, -0.25) is 9.10 Å². The summed E-state index contributed by atoms with van der Waals surface area (Å²) in [5, 5.41) is 3.04. The van der Waals surface area contributed by atoms with Crippen LogP contribution in [0.5, 0.6) is 0 Å². The zero-order valence-corrected chi connectivity index (χ0v) is 16.0. The molecule has 0 atom stereocenters. The maximum Gasteiger partial charge on any atom is 0.265 e. The summed E-state index contributed by atoms with van der Waals surface area (Å²) in [6, 6.07) is 16.6. The lowest BCUT2D eigenvalue weighted by atomic mass is 10.0. The van der Waals surface area contributed by atoms with Crippen molar-refractivity contribution in [2.24, 2.45) is 0 Å². The van der Waals surface area contributed by atoms with Crippen LogP contribution in [0.1, 0.15) is 0 Å². The van der Waals surface area contributed by atoms with E-state index in [9.17, 15) is 17.6 Å². The van der Waals surface area contributed by atoms with Crippen molar-refractivity contribution in [2.45, 2.75) is 4.90 Å².